The zero-order valence-electron chi connectivity index (χ0n) is 17.4. The van der Waals surface area contributed by atoms with Gasteiger partial charge in [-0.25, -0.2) is 18.4 Å². The highest BCUT2D eigenvalue weighted by Crippen LogP contribution is 2.24. The number of sulfone groups is 1. The summed E-state index contributed by atoms with van der Waals surface area (Å²) in [5, 5.41) is 2.37. The first-order valence-electron chi connectivity index (χ1n) is 9.82. The molecule has 0 bridgehead atoms. The maximum atomic E-state index is 12.8. The number of aromatic nitrogens is 3. The number of nitrogens with one attached hydrogen (secondary N) is 2. The van der Waals surface area contributed by atoms with Crippen LogP contribution in [0.1, 0.15) is 29.8 Å². The summed E-state index contributed by atoms with van der Waals surface area (Å²) in [6.45, 7) is 5.28. The predicted octanol–water partition coefficient (Wildman–Crippen LogP) is 4.37. The molecule has 0 spiro atoms. The van der Waals surface area contributed by atoms with Gasteiger partial charge < -0.3 is 10.3 Å². The molecule has 0 radical (unpaired) electrons. The maximum absolute atomic E-state index is 12.8. The minimum absolute atomic E-state index is 0.264. The van der Waals surface area contributed by atoms with Crippen LogP contribution in [0.2, 0.25) is 0 Å². The third kappa shape index (κ3) is 4.06. The first kappa shape index (κ1) is 20.7. The smallest absolute Gasteiger partial charge is 0.259 e. The van der Waals surface area contributed by atoms with E-state index in [0.29, 0.717) is 33.7 Å². The number of carbonyl (C=O) groups is 1. The molecule has 8 heteroatoms. The first-order chi connectivity index (χ1) is 14.8. The van der Waals surface area contributed by atoms with Crippen LogP contribution in [0.3, 0.4) is 0 Å². The van der Waals surface area contributed by atoms with Crippen molar-refractivity contribution in [2.45, 2.75) is 30.9 Å². The number of hydrogen-bond donors (Lipinski definition) is 2. The van der Waals surface area contributed by atoms with Gasteiger partial charge >= 0.3 is 0 Å². The van der Waals surface area contributed by atoms with Crippen molar-refractivity contribution in [3.05, 3.63) is 72.1 Å². The van der Waals surface area contributed by atoms with Crippen molar-refractivity contribution in [1.82, 2.24) is 15.0 Å². The van der Waals surface area contributed by atoms with Crippen LogP contribution in [-0.2, 0) is 9.84 Å². The number of anilines is 1. The van der Waals surface area contributed by atoms with Crippen LogP contribution in [-0.4, -0.2) is 34.5 Å². The molecule has 2 aromatic carbocycles. The molecule has 2 heterocycles. The lowest BCUT2D eigenvalue weighted by atomic mass is 10.1. The molecule has 31 heavy (non-hydrogen) atoms. The molecule has 0 aliphatic carbocycles. The predicted molar refractivity (Wildman–Crippen MR) is 121 cm³/mol. The Morgan fingerprint density at radius 3 is 2.35 bits per heavy atom. The molecule has 0 saturated heterocycles. The Kier molecular flexibility index (Phi) is 5.32. The Hall–Kier alpha value is -3.52. The van der Waals surface area contributed by atoms with E-state index in [2.05, 4.69) is 20.3 Å². The molecule has 4 aromatic rings. The standard InChI is InChI=1S/C23H22N4O3S/c1-14(2)31(29,30)18-10-6-16(7-11-18)20-13-25-22-21(27-20)19(12-24-22)23(28)26-17-8-4-15(3)5-9-17/h4-14H,1-3H3,(H,24,25)(H,26,28). The lowest BCUT2D eigenvalue weighted by Gasteiger charge is -2.08. The van der Waals surface area contributed by atoms with Gasteiger partial charge in [0, 0.05) is 17.4 Å². The van der Waals surface area contributed by atoms with Crippen LogP contribution in [0.4, 0.5) is 5.69 Å². The van der Waals surface area contributed by atoms with Gasteiger partial charge in [0.2, 0.25) is 0 Å². The number of amides is 1. The fraction of sp³-hybridized carbons (Fsp3) is 0.174. The largest absolute Gasteiger partial charge is 0.344 e. The van der Waals surface area contributed by atoms with E-state index < -0.39 is 15.1 Å². The lowest BCUT2D eigenvalue weighted by Crippen LogP contribution is -2.13. The molecule has 2 N–H and O–H groups in total. The van der Waals surface area contributed by atoms with Crippen molar-refractivity contribution in [1.29, 1.82) is 0 Å². The monoisotopic (exact) mass is 434 g/mol. The molecule has 0 fully saturated rings. The van der Waals surface area contributed by atoms with Crippen molar-refractivity contribution >= 4 is 32.6 Å². The fourth-order valence-electron chi connectivity index (χ4n) is 3.13. The normalized spacial score (nSPS) is 11.7. The summed E-state index contributed by atoms with van der Waals surface area (Å²) in [5.41, 5.74) is 4.37. The molecule has 0 atom stereocenters. The Morgan fingerprint density at radius 2 is 1.71 bits per heavy atom. The number of hydrogen-bond acceptors (Lipinski definition) is 5. The van der Waals surface area contributed by atoms with Crippen LogP contribution >= 0.6 is 0 Å². The van der Waals surface area contributed by atoms with E-state index >= 15 is 0 Å². The number of aryl methyl sites for hydroxylation is 1. The van der Waals surface area contributed by atoms with Crippen molar-refractivity contribution < 1.29 is 13.2 Å². The summed E-state index contributed by atoms with van der Waals surface area (Å²) in [6.07, 6.45) is 3.17. The van der Waals surface area contributed by atoms with Gasteiger partial charge in [-0.1, -0.05) is 29.8 Å². The van der Waals surface area contributed by atoms with Gasteiger partial charge in [0.1, 0.15) is 5.52 Å². The highest BCUT2D eigenvalue weighted by atomic mass is 32.2. The Balaban J connectivity index is 1.65. The highest BCUT2D eigenvalue weighted by Gasteiger charge is 2.19. The average Bonchev–Trinajstić information content (AvgIpc) is 3.19. The molecular weight excluding hydrogens is 412 g/mol. The van der Waals surface area contributed by atoms with E-state index in [9.17, 15) is 13.2 Å². The Bertz CT molecular complexity index is 1360. The number of carbonyl (C=O) groups excluding carboxylic acids is 1. The van der Waals surface area contributed by atoms with Crippen molar-refractivity contribution in [2.75, 3.05) is 5.32 Å². The molecule has 158 valence electrons. The third-order valence-corrected chi connectivity index (χ3v) is 7.20. The van der Waals surface area contributed by atoms with E-state index in [4.69, 9.17) is 0 Å². The summed E-state index contributed by atoms with van der Waals surface area (Å²) in [6, 6.07) is 14.1. The molecule has 0 unspecified atom stereocenters. The molecule has 2 aromatic heterocycles. The molecule has 0 saturated carbocycles. The van der Waals surface area contributed by atoms with Crippen molar-refractivity contribution in [2.24, 2.45) is 0 Å². The van der Waals surface area contributed by atoms with E-state index in [0.717, 1.165) is 5.56 Å². The van der Waals surface area contributed by atoms with Crippen LogP contribution in [0.25, 0.3) is 22.4 Å². The molecular formula is C23H22N4O3S. The fourth-order valence-corrected chi connectivity index (χ4v) is 4.19. The van der Waals surface area contributed by atoms with Gasteiger partial charge in [-0.15, -0.1) is 0 Å². The van der Waals surface area contributed by atoms with Gasteiger partial charge in [-0.05, 0) is 45.0 Å². The summed E-state index contributed by atoms with van der Waals surface area (Å²) >= 11 is 0. The van der Waals surface area contributed by atoms with Crippen molar-refractivity contribution in [3.8, 4) is 11.3 Å². The Morgan fingerprint density at radius 1 is 1.03 bits per heavy atom. The second kappa shape index (κ2) is 7.96. The highest BCUT2D eigenvalue weighted by molar-refractivity contribution is 7.92. The molecule has 0 aliphatic heterocycles. The van der Waals surface area contributed by atoms with E-state index in [1.54, 1.807) is 50.5 Å². The summed E-state index contributed by atoms with van der Waals surface area (Å²) in [4.78, 5) is 25.0. The number of benzene rings is 2. The van der Waals surface area contributed by atoms with Crippen LogP contribution in [0.5, 0.6) is 0 Å². The van der Waals surface area contributed by atoms with Gasteiger partial charge in [-0.2, -0.15) is 0 Å². The maximum Gasteiger partial charge on any atom is 0.259 e. The van der Waals surface area contributed by atoms with E-state index in [1.807, 2.05) is 31.2 Å². The topological polar surface area (TPSA) is 105 Å². The van der Waals surface area contributed by atoms with Crippen LogP contribution < -0.4 is 5.32 Å². The number of aromatic amines is 1. The molecule has 0 aliphatic rings. The second-order valence-electron chi connectivity index (χ2n) is 7.59. The number of rotatable bonds is 5. The van der Waals surface area contributed by atoms with Gasteiger partial charge in [0.05, 0.1) is 27.6 Å². The molecule has 7 nitrogen and oxygen atoms in total. The van der Waals surface area contributed by atoms with Gasteiger partial charge in [0.15, 0.2) is 15.5 Å². The summed E-state index contributed by atoms with van der Waals surface area (Å²) in [5.74, 6) is -0.292. The molecule has 4 rings (SSSR count). The van der Waals surface area contributed by atoms with Crippen molar-refractivity contribution in [3.63, 3.8) is 0 Å². The number of nitrogens with zero attached hydrogens (tertiary/aromatic N) is 2. The number of fused-ring (bicyclic) bond motifs is 1. The summed E-state index contributed by atoms with van der Waals surface area (Å²) < 4.78 is 24.7. The zero-order chi connectivity index (χ0) is 22.2. The third-order valence-electron chi connectivity index (χ3n) is 5.03. The van der Waals surface area contributed by atoms with Gasteiger partial charge in [0.25, 0.3) is 5.91 Å². The van der Waals surface area contributed by atoms with Crippen LogP contribution in [0.15, 0.2) is 65.8 Å². The van der Waals surface area contributed by atoms with Gasteiger partial charge in [-0.3, -0.25) is 4.79 Å². The quantitative estimate of drug-likeness (QED) is 0.485. The second-order valence-corrected chi connectivity index (χ2v) is 10.1. The number of H-pyrrole nitrogens is 1. The Labute approximate surface area is 180 Å². The van der Waals surface area contributed by atoms with Crippen LogP contribution in [0, 0.1) is 6.92 Å². The minimum Gasteiger partial charge on any atom is -0.344 e. The minimum atomic E-state index is -3.35. The van der Waals surface area contributed by atoms with E-state index in [1.165, 1.54) is 0 Å². The molecule has 1 amide bonds. The lowest BCUT2D eigenvalue weighted by molar-refractivity contribution is 0.102. The SMILES string of the molecule is Cc1ccc(NC(=O)c2c[nH]c3ncc(-c4ccc(S(=O)(=O)C(C)C)cc4)nc23)cc1. The average molecular weight is 435 g/mol. The zero-order valence-corrected chi connectivity index (χ0v) is 18.2. The summed E-state index contributed by atoms with van der Waals surface area (Å²) in [7, 11) is -3.35. The van der Waals surface area contributed by atoms with E-state index in [-0.39, 0.29) is 10.8 Å². The first-order valence-corrected chi connectivity index (χ1v) is 11.4.